The minimum absolute atomic E-state index is 0.222. The number of benzene rings is 2. The fraction of sp³-hybridized carbons (Fsp3) is 0.208. The van der Waals surface area contributed by atoms with Crippen LogP contribution in [-0.4, -0.2) is 24.0 Å². The Morgan fingerprint density at radius 2 is 1.74 bits per heavy atom. The van der Waals surface area contributed by atoms with Crippen molar-refractivity contribution in [1.29, 1.82) is 0 Å². The van der Waals surface area contributed by atoms with Crippen molar-refractivity contribution < 1.29 is 14.3 Å². The highest BCUT2D eigenvalue weighted by atomic mass is 16.5. The van der Waals surface area contributed by atoms with E-state index in [2.05, 4.69) is 20.9 Å². The number of hydrogen-bond donors (Lipinski definition) is 3. The van der Waals surface area contributed by atoms with Gasteiger partial charge < -0.3 is 20.7 Å². The van der Waals surface area contributed by atoms with Gasteiger partial charge in [-0.05, 0) is 68.8 Å². The highest BCUT2D eigenvalue weighted by molar-refractivity contribution is 6.12. The Bertz CT molecular complexity index is 1190. The highest BCUT2D eigenvalue weighted by Gasteiger charge is 2.32. The zero-order valence-corrected chi connectivity index (χ0v) is 17.9. The lowest BCUT2D eigenvalue weighted by molar-refractivity contribution is -0.146. The molecule has 0 saturated carbocycles. The van der Waals surface area contributed by atoms with Gasteiger partial charge in [-0.15, -0.1) is 0 Å². The fourth-order valence-electron chi connectivity index (χ4n) is 3.57. The highest BCUT2D eigenvalue weighted by Crippen LogP contribution is 2.37. The van der Waals surface area contributed by atoms with Crippen LogP contribution in [0.4, 0.5) is 28.4 Å². The maximum absolute atomic E-state index is 12.9. The van der Waals surface area contributed by atoms with Crippen LogP contribution in [0, 0.1) is 6.92 Å². The van der Waals surface area contributed by atoms with Crippen molar-refractivity contribution in [1.82, 2.24) is 4.98 Å². The van der Waals surface area contributed by atoms with Gasteiger partial charge in [-0.25, -0.2) is 0 Å². The summed E-state index contributed by atoms with van der Waals surface area (Å²) in [6, 6.07) is 14.9. The summed E-state index contributed by atoms with van der Waals surface area (Å²) in [5, 5.41) is 9.62. The van der Waals surface area contributed by atoms with E-state index in [1.807, 2.05) is 49.4 Å². The van der Waals surface area contributed by atoms with Crippen LogP contribution in [0.1, 0.15) is 35.5 Å². The standard InChI is InChI=1S/C24H24N4O3/c1-14-11-17(9-10-25-14)26-16-6-7-18-20(13-16)27-19-8-5-15(12-21(19)28-22(18)29)24(2,3)23(30)31-4/h5-13,27H,1-4H3,(H,25,26)(H,28,29). The number of pyridine rings is 1. The number of aryl methyl sites for hydroxylation is 1. The first kappa shape index (κ1) is 20.4. The molecule has 0 atom stereocenters. The largest absolute Gasteiger partial charge is 0.468 e. The smallest absolute Gasteiger partial charge is 0.315 e. The summed E-state index contributed by atoms with van der Waals surface area (Å²) in [5.41, 5.74) is 5.15. The Morgan fingerprint density at radius 1 is 0.968 bits per heavy atom. The van der Waals surface area contributed by atoms with Crippen LogP contribution < -0.4 is 16.0 Å². The van der Waals surface area contributed by atoms with Gasteiger partial charge in [0.15, 0.2) is 0 Å². The molecule has 0 radical (unpaired) electrons. The minimum atomic E-state index is -0.840. The fourth-order valence-corrected chi connectivity index (χ4v) is 3.57. The quantitative estimate of drug-likeness (QED) is 0.524. The van der Waals surface area contributed by atoms with Gasteiger partial charge >= 0.3 is 5.97 Å². The Kier molecular flexibility index (Phi) is 5.10. The molecule has 1 amide bonds. The third-order valence-electron chi connectivity index (χ3n) is 5.40. The summed E-state index contributed by atoms with van der Waals surface area (Å²) in [5.74, 6) is -0.564. The zero-order chi connectivity index (χ0) is 22.2. The lowest BCUT2D eigenvalue weighted by atomic mass is 9.84. The average molecular weight is 416 g/mol. The predicted octanol–water partition coefficient (Wildman–Crippen LogP) is 4.89. The maximum Gasteiger partial charge on any atom is 0.315 e. The van der Waals surface area contributed by atoms with E-state index in [0.29, 0.717) is 16.9 Å². The average Bonchev–Trinajstić information content (AvgIpc) is 2.87. The summed E-state index contributed by atoms with van der Waals surface area (Å²) in [6.07, 6.45) is 1.75. The van der Waals surface area contributed by atoms with Crippen molar-refractivity contribution >= 4 is 40.3 Å². The van der Waals surface area contributed by atoms with Crippen LogP contribution in [0.3, 0.4) is 0 Å². The summed E-state index contributed by atoms with van der Waals surface area (Å²) in [7, 11) is 1.37. The van der Waals surface area contributed by atoms with Crippen LogP contribution in [0.5, 0.6) is 0 Å². The molecule has 7 heteroatoms. The second-order valence-corrected chi connectivity index (χ2v) is 8.03. The van der Waals surface area contributed by atoms with E-state index >= 15 is 0 Å². The van der Waals surface area contributed by atoms with E-state index < -0.39 is 5.41 Å². The molecule has 0 saturated heterocycles. The predicted molar refractivity (Wildman–Crippen MR) is 121 cm³/mol. The van der Waals surface area contributed by atoms with Gasteiger partial charge in [0.2, 0.25) is 0 Å². The Morgan fingerprint density at radius 3 is 2.48 bits per heavy atom. The molecule has 2 heterocycles. The van der Waals surface area contributed by atoms with Crippen molar-refractivity contribution in [2.45, 2.75) is 26.2 Å². The first-order chi connectivity index (χ1) is 14.8. The third kappa shape index (κ3) is 3.94. The van der Waals surface area contributed by atoms with Crippen LogP contribution in [0.15, 0.2) is 54.7 Å². The number of anilines is 5. The molecule has 2 aromatic carbocycles. The zero-order valence-electron chi connectivity index (χ0n) is 17.9. The topological polar surface area (TPSA) is 92.3 Å². The number of ether oxygens (including phenoxy) is 1. The molecule has 0 spiro atoms. The van der Waals surface area contributed by atoms with E-state index in [1.165, 1.54) is 7.11 Å². The number of amides is 1. The maximum atomic E-state index is 12.9. The molecule has 0 fully saturated rings. The Hall–Kier alpha value is -3.87. The van der Waals surface area contributed by atoms with E-state index in [9.17, 15) is 9.59 Å². The molecule has 0 unspecified atom stereocenters. The number of esters is 1. The molecule has 1 aliphatic heterocycles. The second-order valence-electron chi connectivity index (χ2n) is 8.03. The molecule has 3 N–H and O–H groups in total. The monoisotopic (exact) mass is 416 g/mol. The molecule has 158 valence electrons. The molecule has 31 heavy (non-hydrogen) atoms. The summed E-state index contributed by atoms with van der Waals surface area (Å²) < 4.78 is 4.93. The van der Waals surface area contributed by atoms with E-state index in [4.69, 9.17) is 4.74 Å². The van der Waals surface area contributed by atoms with Crippen LogP contribution >= 0.6 is 0 Å². The summed E-state index contributed by atoms with van der Waals surface area (Å²) >= 11 is 0. The first-order valence-electron chi connectivity index (χ1n) is 9.93. The van der Waals surface area contributed by atoms with E-state index in [-0.39, 0.29) is 11.9 Å². The lowest BCUT2D eigenvalue weighted by Gasteiger charge is -2.23. The molecule has 1 aliphatic rings. The molecular formula is C24H24N4O3. The van der Waals surface area contributed by atoms with Gasteiger partial charge in [-0.2, -0.15) is 0 Å². The minimum Gasteiger partial charge on any atom is -0.468 e. The van der Waals surface area contributed by atoms with Crippen molar-refractivity contribution in [3.63, 3.8) is 0 Å². The number of carbonyl (C=O) groups is 2. The molecular weight excluding hydrogens is 392 g/mol. The number of fused-ring (bicyclic) bond motifs is 2. The molecule has 1 aromatic heterocycles. The Labute approximate surface area is 180 Å². The van der Waals surface area contributed by atoms with E-state index in [1.54, 1.807) is 26.1 Å². The van der Waals surface area contributed by atoms with Crippen LogP contribution in [0.2, 0.25) is 0 Å². The molecule has 0 bridgehead atoms. The number of nitrogens with zero attached hydrogens (tertiary/aromatic N) is 1. The number of aromatic nitrogens is 1. The van der Waals surface area contributed by atoms with Gasteiger partial charge in [0, 0.05) is 23.3 Å². The number of methoxy groups -OCH3 is 1. The number of hydrogen-bond acceptors (Lipinski definition) is 6. The van der Waals surface area contributed by atoms with E-state index in [0.717, 1.165) is 28.3 Å². The molecule has 0 aliphatic carbocycles. The summed E-state index contributed by atoms with van der Waals surface area (Å²) in [4.78, 5) is 29.3. The molecule has 3 aromatic rings. The number of nitrogens with one attached hydrogen (secondary N) is 3. The second kappa shape index (κ2) is 7.75. The van der Waals surface area contributed by atoms with Crippen LogP contribution in [0.25, 0.3) is 0 Å². The number of carbonyl (C=O) groups excluding carboxylic acids is 2. The SMILES string of the molecule is COC(=O)C(C)(C)c1ccc2c(c1)NC(=O)c1ccc(Nc3ccnc(C)c3)cc1N2. The van der Waals surface area contributed by atoms with Gasteiger partial charge in [0.1, 0.15) is 0 Å². The Balaban J connectivity index is 1.67. The van der Waals surface area contributed by atoms with Crippen molar-refractivity contribution in [3.05, 3.63) is 71.5 Å². The molecule has 4 rings (SSSR count). The lowest BCUT2D eigenvalue weighted by Crippen LogP contribution is -2.30. The van der Waals surface area contributed by atoms with Gasteiger partial charge in [0.25, 0.3) is 5.91 Å². The first-order valence-corrected chi connectivity index (χ1v) is 9.93. The van der Waals surface area contributed by atoms with Gasteiger partial charge in [-0.1, -0.05) is 6.07 Å². The third-order valence-corrected chi connectivity index (χ3v) is 5.40. The normalized spacial score (nSPS) is 12.6. The number of rotatable bonds is 4. The van der Waals surface area contributed by atoms with Crippen molar-refractivity contribution in [3.8, 4) is 0 Å². The van der Waals surface area contributed by atoms with Gasteiger partial charge in [-0.3, -0.25) is 14.6 Å². The summed E-state index contributed by atoms with van der Waals surface area (Å²) in [6.45, 7) is 5.51. The van der Waals surface area contributed by atoms with Gasteiger partial charge in [0.05, 0.1) is 35.2 Å². The van der Waals surface area contributed by atoms with Crippen molar-refractivity contribution in [2.75, 3.05) is 23.1 Å². The molecule has 7 nitrogen and oxygen atoms in total. The van der Waals surface area contributed by atoms with Crippen LogP contribution in [-0.2, 0) is 14.9 Å². The van der Waals surface area contributed by atoms with Crippen molar-refractivity contribution in [2.24, 2.45) is 0 Å².